The molecule has 19 heavy (non-hydrogen) atoms. The molecule has 0 aromatic heterocycles. The van der Waals surface area contributed by atoms with E-state index in [9.17, 15) is 0 Å². The molecule has 0 radical (unpaired) electrons. The molecule has 0 bridgehead atoms. The first kappa shape index (κ1) is 16.0. The van der Waals surface area contributed by atoms with E-state index in [0.717, 1.165) is 19.7 Å². The molecule has 0 aliphatic carbocycles. The number of methoxy groups -OCH3 is 1. The predicted molar refractivity (Wildman–Crippen MR) is 82.9 cm³/mol. The standard InChI is InChI=1S/C16H28N2O/c1-6-9-17-11-15-7-8-16(13(2)10-15)18(4)14(3)12-19-5/h7-8,10,14,17H,6,9,11-12H2,1-5H3. The summed E-state index contributed by atoms with van der Waals surface area (Å²) in [4.78, 5) is 2.28. The Balaban J connectivity index is 2.70. The predicted octanol–water partition coefficient (Wildman–Crippen LogP) is 2.97. The lowest BCUT2D eigenvalue weighted by Gasteiger charge is -2.28. The zero-order chi connectivity index (χ0) is 14.3. The second kappa shape index (κ2) is 8.18. The second-order valence-electron chi connectivity index (χ2n) is 5.21. The molecule has 1 atom stereocenters. The Hall–Kier alpha value is -1.06. The van der Waals surface area contributed by atoms with Crippen LogP contribution in [0.5, 0.6) is 0 Å². The molecule has 3 nitrogen and oxygen atoms in total. The summed E-state index contributed by atoms with van der Waals surface area (Å²) in [5.41, 5.74) is 3.95. The van der Waals surface area contributed by atoms with Crippen LogP contribution in [0.25, 0.3) is 0 Å². The van der Waals surface area contributed by atoms with Crippen LogP contribution in [0.4, 0.5) is 5.69 Å². The first-order chi connectivity index (χ1) is 9.10. The van der Waals surface area contributed by atoms with Gasteiger partial charge in [0, 0.05) is 32.4 Å². The first-order valence-electron chi connectivity index (χ1n) is 7.12. The normalized spacial score (nSPS) is 12.5. The maximum absolute atomic E-state index is 5.22. The number of rotatable bonds is 8. The number of likely N-dealkylation sites (N-methyl/N-ethyl adjacent to an activating group) is 1. The van der Waals surface area contributed by atoms with Gasteiger partial charge in [0.25, 0.3) is 0 Å². The van der Waals surface area contributed by atoms with E-state index in [2.05, 4.69) is 56.2 Å². The summed E-state index contributed by atoms with van der Waals surface area (Å²) in [6.45, 7) is 9.31. The highest BCUT2D eigenvalue weighted by molar-refractivity contribution is 5.54. The maximum Gasteiger partial charge on any atom is 0.0663 e. The fraction of sp³-hybridized carbons (Fsp3) is 0.625. The van der Waals surface area contributed by atoms with Crippen LogP contribution in [0.2, 0.25) is 0 Å². The zero-order valence-electron chi connectivity index (χ0n) is 13.0. The third kappa shape index (κ3) is 4.84. The number of anilines is 1. The number of hydrogen-bond acceptors (Lipinski definition) is 3. The zero-order valence-corrected chi connectivity index (χ0v) is 13.0. The quantitative estimate of drug-likeness (QED) is 0.731. The monoisotopic (exact) mass is 264 g/mol. The van der Waals surface area contributed by atoms with Crippen molar-refractivity contribution >= 4 is 5.69 Å². The van der Waals surface area contributed by atoms with Crippen LogP contribution in [-0.4, -0.2) is 33.4 Å². The van der Waals surface area contributed by atoms with Crippen LogP contribution in [-0.2, 0) is 11.3 Å². The molecule has 0 aliphatic rings. The van der Waals surface area contributed by atoms with E-state index in [1.165, 1.54) is 23.2 Å². The van der Waals surface area contributed by atoms with E-state index in [-0.39, 0.29) is 0 Å². The second-order valence-corrected chi connectivity index (χ2v) is 5.21. The molecule has 0 amide bonds. The van der Waals surface area contributed by atoms with Crippen molar-refractivity contribution in [2.24, 2.45) is 0 Å². The lowest BCUT2D eigenvalue weighted by atomic mass is 10.1. The van der Waals surface area contributed by atoms with Crippen molar-refractivity contribution in [1.82, 2.24) is 5.32 Å². The van der Waals surface area contributed by atoms with Gasteiger partial charge in [-0.1, -0.05) is 19.1 Å². The summed E-state index contributed by atoms with van der Waals surface area (Å²) >= 11 is 0. The van der Waals surface area contributed by atoms with Gasteiger partial charge in [-0.05, 0) is 44.0 Å². The smallest absolute Gasteiger partial charge is 0.0663 e. The van der Waals surface area contributed by atoms with E-state index in [4.69, 9.17) is 4.74 Å². The molecule has 0 saturated heterocycles. The van der Waals surface area contributed by atoms with Gasteiger partial charge in [-0.25, -0.2) is 0 Å². The highest BCUT2D eigenvalue weighted by Gasteiger charge is 2.11. The SMILES string of the molecule is CCCNCc1ccc(N(C)C(C)COC)c(C)c1. The lowest BCUT2D eigenvalue weighted by Crippen LogP contribution is -2.33. The number of nitrogens with zero attached hydrogens (tertiary/aromatic N) is 1. The molecule has 1 aromatic carbocycles. The minimum Gasteiger partial charge on any atom is -0.383 e. The Morgan fingerprint density at radius 3 is 2.68 bits per heavy atom. The lowest BCUT2D eigenvalue weighted by molar-refractivity contribution is 0.183. The van der Waals surface area contributed by atoms with Gasteiger partial charge in [-0.2, -0.15) is 0 Å². The third-order valence-electron chi connectivity index (χ3n) is 3.47. The van der Waals surface area contributed by atoms with E-state index >= 15 is 0 Å². The average Bonchev–Trinajstić information content (AvgIpc) is 2.39. The van der Waals surface area contributed by atoms with Gasteiger partial charge in [0.2, 0.25) is 0 Å². The minimum absolute atomic E-state index is 0.382. The molecule has 0 aliphatic heterocycles. The highest BCUT2D eigenvalue weighted by atomic mass is 16.5. The average molecular weight is 264 g/mol. The van der Waals surface area contributed by atoms with Crippen molar-refractivity contribution in [2.45, 2.75) is 39.8 Å². The van der Waals surface area contributed by atoms with Gasteiger partial charge in [0.15, 0.2) is 0 Å². The van der Waals surface area contributed by atoms with Crippen LogP contribution >= 0.6 is 0 Å². The van der Waals surface area contributed by atoms with Crippen molar-refractivity contribution in [3.8, 4) is 0 Å². The number of aryl methyl sites for hydroxylation is 1. The summed E-state index contributed by atoms with van der Waals surface area (Å²) in [5.74, 6) is 0. The number of ether oxygens (including phenoxy) is 1. The maximum atomic E-state index is 5.22. The molecule has 0 fully saturated rings. The topological polar surface area (TPSA) is 24.5 Å². The fourth-order valence-electron chi connectivity index (χ4n) is 2.22. The van der Waals surface area contributed by atoms with Gasteiger partial charge in [0.1, 0.15) is 0 Å². The van der Waals surface area contributed by atoms with Crippen LogP contribution < -0.4 is 10.2 Å². The van der Waals surface area contributed by atoms with E-state index in [0.29, 0.717) is 6.04 Å². The Bertz CT molecular complexity index is 379. The molecule has 108 valence electrons. The molecule has 1 rings (SSSR count). The van der Waals surface area contributed by atoms with E-state index in [1.807, 2.05) is 0 Å². The number of benzene rings is 1. The molecule has 1 N–H and O–H groups in total. The summed E-state index contributed by atoms with van der Waals surface area (Å²) in [5, 5.41) is 3.44. The molecule has 0 saturated carbocycles. The molecule has 1 aromatic rings. The highest BCUT2D eigenvalue weighted by Crippen LogP contribution is 2.22. The third-order valence-corrected chi connectivity index (χ3v) is 3.47. The van der Waals surface area contributed by atoms with Crippen molar-refractivity contribution < 1.29 is 4.74 Å². The molecular formula is C16H28N2O. The van der Waals surface area contributed by atoms with Crippen molar-refractivity contribution in [3.63, 3.8) is 0 Å². The number of hydrogen-bond donors (Lipinski definition) is 1. The van der Waals surface area contributed by atoms with Crippen LogP contribution in [0, 0.1) is 6.92 Å². The summed E-state index contributed by atoms with van der Waals surface area (Å²) < 4.78 is 5.22. The van der Waals surface area contributed by atoms with Gasteiger partial charge in [0.05, 0.1) is 6.61 Å². The molecule has 3 heteroatoms. The first-order valence-corrected chi connectivity index (χ1v) is 7.12. The van der Waals surface area contributed by atoms with Gasteiger partial charge >= 0.3 is 0 Å². The van der Waals surface area contributed by atoms with Gasteiger partial charge < -0.3 is 15.0 Å². The molecule has 0 spiro atoms. The van der Waals surface area contributed by atoms with Gasteiger partial charge in [-0.3, -0.25) is 0 Å². The Morgan fingerprint density at radius 2 is 2.11 bits per heavy atom. The molecule has 0 heterocycles. The summed E-state index contributed by atoms with van der Waals surface area (Å²) in [6.07, 6.45) is 1.17. The largest absolute Gasteiger partial charge is 0.383 e. The Labute approximate surface area is 118 Å². The summed E-state index contributed by atoms with van der Waals surface area (Å²) in [6, 6.07) is 7.08. The Kier molecular flexibility index (Phi) is 6.89. The van der Waals surface area contributed by atoms with E-state index in [1.54, 1.807) is 7.11 Å². The van der Waals surface area contributed by atoms with Crippen molar-refractivity contribution in [3.05, 3.63) is 29.3 Å². The number of nitrogens with one attached hydrogen (secondary N) is 1. The fourth-order valence-corrected chi connectivity index (χ4v) is 2.22. The van der Waals surface area contributed by atoms with E-state index < -0.39 is 0 Å². The van der Waals surface area contributed by atoms with Crippen LogP contribution in [0.3, 0.4) is 0 Å². The van der Waals surface area contributed by atoms with Crippen molar-refractivity contribution in [2.75, 3.05) is 32.2 Å². The van der Waals surface area contributed by atoms with Crippen LogP contribution in [0.15, 0.2) is 18.2 Å². The Morgan fingerprint density at radius 1 is 1.37 bits per heavy atom. The molecule has 1 unspecified atom stereocenters. The van der Waals surface area contributed by atoms with Crippen LogP contribution in [0.1, 0.15) is 31.4 Å². The molecular weight excluding hydrogens is 236 g/mol. The summed E-state index contributed by atoms with van der Waals surface area (Å²) in [7, 11) is 3.88. The van der Waals surface area contributed by atoms with Gasteiger partial charge in [-0.15, -0.1) is 0 Å². The van der Waals surface area contributed by atoms with Crippen molar-refractivity contribution in [1.29, 1.82) is 0 Å². The minimum atomic E-state index is 0.382.